The second-order valence-corrected chi connectivity index (χ2v) is 4.45. The summed E-state index contributed by atoms with van der Waals surface area (Å²) in [6.07, 6.45) is 3.23. The number of carbonyl (C=O) groups excluding carboxylic acids is 2. The van der Waals surface area contributed by atoms with Crippen LogP contribution in [-0.4, -0.2) is 46.1 Å². The Balaban J connectivity index is 2.21. The maximum atomic E-state index is 12.4. The number of amides is 2. The zero-order valence-electron chi connectivity index (χ0n) is 10.8. The fraction of sp³-hybridized carbons (Fsp3) is 0.583. The minimum Gasteiger partial charge on any atom is -0.354 e. The lowest BCUT2D eigenvalue weighted by molar-refractivity contribution is -0.121. The number of aromatic nitrogens is 2. The number of carbonyl (C=O) groups is 2. The molecule has 6 nitrogen and oxygen atoms in total. The largest absolute Gasteiger partial charge is 0.354 e. The van der Waals surface area contributed by atoms with Crippen LogP contribution in [0.15, 0.2) is 6.20 Å². The molecular formula is C12H18N4O2. The maximum absolute atomic E-state index is 12.4. The molecule has 1 aromatic heterocycles. The first-order valence-electron chi connectivity index (χ1n) is 6.20. The summed E-state index contributed by atoms with van der Waals surface area (Å²) in [5.41, 5.74) is 1.39. The SMILES string of the molecule is CCc1nn(C)cc1C(=O)N1CCCNC(=O)C1. The van der Waals surface area contributed by atoms with Gasteiger partial charge in [0.15, 0.2) is 0 Å². The molecule has 0 spiro atoms. The van der Waals surface area contributed by atoms with Gasteiger partial charge in [-0.1, -0.05) is 6.92 Å². The van der Waals surface area contributed by atoms with Gasteiger partial charge in [-0.15, -0.1) is 0 Å². The van der Waals surface area contributed by atoms with Crippen LogP contribution in [0.3, 0.4) is 0 Å². The van der Waals surface area contributed by atoms with Crippen LogP contribution in [0.4, 0.5) is 0 Å². The van der Waals surface area contributed by atoms with Crippen LogP contribution in [0.25, 0.3) is 0 Å². The van der Waals surface area contributed by atoms with Gasteiger partial charge in [0.25, 0.3) is 5.91 Å². The Morgan fingerprint density at radius 3 is 3.06 bits per heavy atom. The molecule has 0 unspecified atom stereocenters. The molecule has 1 N–H and O–H groups in total. The summed E-state index contributed by atoms with van der Waals surface area (Å²) in [5, 5.41) is 7.02. The van der Waals surface area contributed by atoms with E-state index in [1.54, 1.807) is 22.8 Å². The van der Waals surface area contributed by atoms with Crippen molar-refractivity contribution in [2.75, 3.05) is 19.6 Å². The predicted octanol–water partition coefficient (Wildman–Crippen LogP) is -0.0554. The molecule has 0 bridgehead atoms. The summed E-state index contributed by atoms with van der Waals surface area (Å²) in [6.45, 7) is 3.34. The average Bonchev–Trinajstić information content (AvgIpc) is 2.59. The Bertz CT molecular complexity index is 467. The molecule has 0 saturated carbocycles. The molecule has 1 aliphatic heterocycles. The topological polar surface area (TPSA) is 67.2 Å². The fourth-order valence-electron chi connectivity index (χ4n) is 2.12. The molecule has 1 aromatic rings. The first kappa shape index (κ1) is 12.6. The molecule has 1 fully saturated rings. The van der Waals surface area contributed by atoms with Gasteiger partial charge in [0.05, 0.1) is 17.8 Å². The molecule has 18 heavy (non-hydrogen) atoms. The Morgan fingerprint density at radius 1 is 1.56 bits per heavy atom. The lowest BCUT2D eigenvalue weighted by Gasteiger charge is -2.18. The second kappa shape index (κ2) is 5.20. The fourth-order valence-corrected chi connectivity index (χ4v) is 2.12. The molecule has 2 amide bonds. The van der Waals surface area contributed by atoms with Gasteiger partial charge in [-0.2, -0.15) is 5.10 Å². The van der Waals surface area contributed by atoms with E-state index in [-0.39, 0.29) is 18.4 Å². The third kappa shape index (κ3) is 2.52. The number of nitrogens with one attached hydrogen (secondary N) is 1. The normalized spacial score (nSPS) is 16.3. The zero-order chi connectivity index (χ0) is 13.1. The van der Waals surface area contributed by atoms with E-state index >= 15 is 0 Å². The summed E-state index contributed by atoms with van der Waals surface area (Å²) < 4.78 is 1.64. The molecule has 0 aromatic carbocycles. The molecule has 1 saturated heterocycles. The number of hydrogen-bond acceptors (Lipinski definition) is 3. The van der Waals surface area contributed by atoms with E-state index in [1.165, 1.54) is 0 Å². The van der Waals surface area contributed by atoms with Crippen LogP contribution in [0.5, 0.6) is 0 Å². The minimum absolute atomic E-state index is 0.0946. The Labute approximate surface area is 106 Å². The predicted molar refractivity (Wildman–Crippen MR) is 66.1 cm³/mol. The monoisotopic (exact) mass is 250 g/mol. The van der Waals surface area contributed by atoms with Gasteiger partial charge in [-0.05, 0) is 12.8 Å². The Hall–Kier alpha value is -1.85. The lowest BCUT2D eigenvalue weighted by atomic mass is 10.2. The van der Waals surface area contributed by atoms with Crippen molar-refractivity contribution < 1.29 is 9.59 Å². The highest BCUT2D eigenvalue weighted by molar-refractivity contribution is 5.97. The van der Waals surface area contributed by atoms with Crippen LogP contribution in [0.1, 0.15) is 29.4 Å². The molecule has 0 aliphatic carbocycles. The summed E-state index contributed by atoms with van der Waals surface area (Å²) >= 11 is 0. The van der Waals surface area contributed by atoms with Gasteiger partial charge in [-0.3, -0.25) is 14.3 Å². The van der Waals surface area contributed by atoms with E-state index in [9.17, 15) is 9.59 Å². The summed E-state index contributed by atoms with van der Waals surface area (Å²) in [7, 11) is 1.80. The Morgan fingerprint density at radius 2 is 2.33 bits per heavy atom. The second-order valence-electron chi connectivity index (χ2n) is 4.45. The molecule has 0 radical (unpaired) electrons. The molecule has 1 aliphatic rings. The van der Waals surface area contributed by atoms with Gasteiger partial charge in [0.2, 0.25) is 5.91 Å². The van der Waals surface area contributed by atoms with E-state index in [0.717, 1.165) is 12.1 Å². The average molecular weight is 250 g/mol. The smallest absolute Gasteiger partial charge is 0.257 e. The Kier molecular flexibility index (Phi) is 3.64. The first-order valence-corrected chi connectivity index (χ1v) is 6.20. The van der Waals surface area contributed by atoms with Crippen LogP contribution in [-0.2, 0) is 18.3 Å². The molecular weight excluding hydrogens is 232 g/mol. The van der Waals surface area contributed by atoms with Crippen molar-refractivity contribution in [2.45, 2.75) is 19.8 Å². The number of hydrogen-bond donors (Lipinski definition) is 1. The van der Waals surface area contributed by atoms with Gasteiger partial charge in [0.1, 0.15) is 0 Å². The van der Waals surface area contributed by atoms with Crippen molar-refractivity contribution in [3.8, 4) is 0 Å². The summed E-state index contributed by atoms with van der Waals surface area (Å²) in [5.74, 6) is -0.195. The highest BCUT2D eigenvalue weighted by atomic mass is 16.2. The van der Waals surface area contributed by atoms with Crippen molar-refractivity contribution in [1.29, 1.82) is 0 Å². The standard InChI is InChI=1S/C12H18N4O2/c1-3-10-9(7-15(2)14-10)12(18)16-6-4-5-13-11(17)8-16/h7H,3-6,8H2,1-2H3,(H,13,17). The van der Waals surface area contributed by atoms with E-state index in [1.807, 2.05) is 6.92 Å². The zero-order valence-corrected chi connectivity index (χ0v) is 10.8. The molecule has 2 rings (SSSR count). The van der Waals surface area contributed by atoms with E-state index in [2.05, 4.69) is 10.4 Å². The van der Waals surface area contributed by atoms with Gasteiger partial charge in [0, 0.05) is 26.3 Å². The summed E-state index contributed by atoms with van der Waals surface area (Å²) in [4.78, 5) is 25.4. The molecule has 0 atom stereocenters. The molecule has 6 heteroatoms. The van der Waals surface area contributed by atoms with Crippen LogP contribution in [0, 0.1) is 0 Å². The number of nitrogens with zero attached hydrogens (tertiary/aromatic N) is 3. The van der Waals surface area contributed by atoms with Crippen LogP contribution in [0.2, 0.25) is 0 Å². The van der Waals surface area contributed by atoms with Crippen LogP contribution >= 0.6 is 0 Å². The lowest BCUT2D eigenvalue weighted by Crippen LogP contribution is -2.37. The van der Waals surface area contributed by atoms with Crippen molar-refractivity contribution >= 4 is 11.8 Å². The number of rotatable bonds is 2. The third-order valence-corrected chi connectivity index (χ3v) is 3.02. The van der Waals surface area contributed by atoms with Gasteiger partial charge < -0.3 is 10.2 Å². The highest BCUT2D eigenvalue weighted by Crippen LogP contribution is 2.12. The maximum Gasteiger partial charge on any atom is 0.257 e. The van der Waals surface area contributed by atoms with Crippen molar-refractivity contribution in [3.63, 3.8) is 0 Å². The summed E-state index contributed by atoms with van der Waals surface area (Å²) in [6, 6.07) is 0. The minimum atomic E-state index is -0.1000. The van der Waals surface area contributed by atoms with Crippen molar-refractivity contribution in [2.24, 2.45) is 7.05 Å². The molecule has 2 heterocycles. The van der Waals surface area contributed by atoms with Crippen molar-refractivity contribution in [1.82, 2.24) is 20.0 Å². The first-order chi connectivity index (χ1) is 8.61. The van der Waals surface area contributed by atoms with E-state index in [4.69, 9.17) is 0 Å². The number of aryl methyl sites for hydroxylation is 2. The third-order valence-electron chi connectivity index (χ3n) is 3.02. The quantitative estimate of drug-likeness (QED) is 0.800. The van der Waals surface area contributed by atoms with Crippen LogP contribution < -0.4 is 5.32 Å². The molecule has 98 valence electrons. The highest BCUT2D eigenvalue weighted by Gasteiger charge is 2.24. The van der Waals surface area contributed by atoms with Gasteiger partial charge in [-0.25, -0.2) is 0 Å². The van der Waals surface area contributed by atoms with Crippen molar-refractivity contribution in [3.05, 3.63) is 17.5 Å². The van der Waals surface area contributed by atoms with E-state index in [0.29, 0.717) is 25.1 Å². The van der Waals surface area contributed by atoms with E-state index < -0.39 is 0 Å². The van der Waals surface area contributed by atoms with Gasteiger partial charge >= 0.3 is 0 Å².